The number of benzene rings is 1. The van der Waals surface area contributed by atoms with Crippen molar-refractivity contribution in [2.45, 2.75) is 23.7 Å². The Balaban J connectivity index is 0.00000242. The Morgan fingerprint density at radius 2 is 2.05 bits per heavy atom. The summed E-state index contributed by atoms with van der Waals surface area (Å²) in [7, 11) is -4.10. The Morgan fingerprint density at radius 3 is 2.59 bits per heavy atom. The summed E-state index contributed by atoms with van der Waals surface area (Å²) in [4.78, 5) is -0.546. The summed E-state index contributed by atoms with van der Waals surface area (Å²) in [6.45, 7) is 1.09. The second-order valence-corrected chi connectivity index (χ2v) is 7.05. The van der Waals surface area contributed by atoms with Crippen molar-refractivity contribution in [2.24, 2.45) is 0 Å². The molecule has 0 aliphatic carbocycles. The van der Waals surface area contributed by atoms with Crippen molar-refractivity contribution < 1.29 is 26.3 Å². The average Bonchev–Trinajstić information content (AvgIpc) is 2.78. The van der Waals surface area contributed by atoms with E-state index in [9.17, 15) is 21.6 Å². The van der Waals surface area contributed by atoms with E-state index in [0.29, 0.717) is 19.5 Å². The normalized spacial score (nSPS) is 18.8. The molecule has 0 bridgehead atoms. The van der Waals surface area contributed by atoms with Crippen LogP contribution in [0.4, 0.5) is 13.2 Å². The van der Waals surface area contributed by atoms with Gasteiger partial charge in [-0.25, -0.2) is 13.1 Å². The fourth-order valence-electron chi connectivity index (χ4n) is 1.95. The van der Waals surface area contributed by atoms with Gasteiger partial charge in [0.15, 0.2) is 5.75 Å². The van der Waals surface area contributed by atoms with Crippen LogP contribution in [0.25, 0.3) is 0 Å². The van der Waals surface area contributed by atoms with Crippen LogP contribution in [0.5, 0.6) is 5.75 Å². The number of rotatable bonds is 4. The first kappa shape index (κ1) is 19.5. The third kappa shape index (κ3) is 5.27. The van der Waals surface area contributed by atoms with Crippen molar-refractivity contribution in [3.05, 3.63) is 22.7 Å². The molecule has 0 spiro atoms. The Kier molecular flexibility index (Phi) is 6.51. The lowest BCUT2D eigenvalue weighted by Gasteiger charge is -2.16. The highest BCUT2D eigenvalue weighted by Gasteiger charge is 2.35. The number of alkyl halides is 3. The van der Waals surface area contributed by atoms with Crippen LogP contribution < -0.4 is 14.8 Å². The molecule has 0 amide bonds. The van der Waals surface area contributed by atoms with Crippen LogP contribution in [0.2, 0.25) is 0 Å². The minimum atomic E-state index is -4.97. The molecular formula is C11H13BrClF3N2O3S. The van der Waals surface area contributed by atoms with E-state index in [1.54, 1.807) is 0 Å². The van der Waals surface area contributed by atoms with Gasteiger partial charge in [0.05, 0.1) is 0 Å². The van der Waals surface area contributed by atoms with Crippen molar-refractivity contribution in [1.82, 2.24) is 10.0 Å². The fourth-order valence-corrected chi connectivity index (χ4v) is 3.67. The quantitative estimate of drug-likeness (QED) is 0.777. The second-order valence-electron chi connectivity index (χ2n) is 4.45. The number of halogens is 5. The van der Waals surface area contributed by atoms with E-state index < -0.39 is 27.0 Å². The molecule has 1 unspecified atom stereocenters. The molecule has 1 atom stereocenters. The Morgan fingerprint density at radius 1 is 1.36 bits per heavy atom. The molecule has 0 aromatic heterocycles. The van der Waals surface area contributed by atoms with Crippen molar-refractivity contribution in [3.63, 3.8) is 0 Å². The molecule has 1 heterocycles. The first-order valence-electron chi connectivity index (χ1n) is 5.96. The summed E-state index contributed by atoms with van der Waals surface area (Å²) >= 11 is 2.99. The first-order valence-corrected chi connectivity index (χ1v) is 8.23. The minimum Gasteiger partial charge on any atom is -0.404 e. The van der Waals surface area contributed by atoms with E-state index in [-0.39, 0.29) is 22.9 Å². The van der Waals surface area contributed by atoms with E-state index >= 15 is 0 Å². The highest BCUT2D eigenvalue weighted by atomic mass is 79.9. The summed E-state index contributed by atoms with van der Waals surface area (Å²) in [5.41, 5.74) is 0. The summed E-state index contributed by atoms with van der Waals surface area (Å²) in [6.07, 6.45) is -4.40. The van der Waals surface area contributed by atoms with Gasteiger partial charge in [-0.1, -0.05) is 15.9 Å². The maximum Gasteiger partial charge on any atom is 0.573 e. The molecule has 0 radical (unpaired) electrons. The predicted octanol–water partition coefficient (Wildman–Crippen LogP) is 2.41. The van der Waals surface area contributed by atoms with Crippen LogP contribution >= 0.6 is 28.3 Å². The molecule has 2 N–H and O–H groups in total. The second kappa shape index (κ2) is 7.35. The molecule has 1 aliphatic heterocycles. The van der Waals surface area contributed by atoms with Crippen LogP contribution in [0, 0.1) is 0 Å². The Hall–Kier alpha value is -0.550. The summed E-state index contributed by atoms with van der Waals surface area (Å²) in [5.74, 6) is -0.768. The number of sulfonamides is 1. The molecule has 5 nitrogen and oxygen atoms in total. The number of hydrogen-bond acceptors (Lipinski definition) is 4. The largest absolute Gasteiger partial charge is 0.573 e. The molecule has 2 rings (SSSR count). The van der Waals surface area contributed by atoms with Gasteiger partial charge in [0, 0.05) is 17.1 Å². The highest BCUT2D eigenvalue weighted by molar-refractivity contribution is 9.10. The van der Waals surface area contributed by atoms with Crippen LogP contribution in [0.15, 0.2) is 27.6 Å². The summed E-state index contributed by atoms with van der Waals surface area (Å²) < 4.78 is 68.0. The Labute approximate surface area is 140 Å². The molecular weight excluding hydrogens is 413 g/mol. The van der Waals surface area contributed by atoms with Gasteiger partial charge in [0.2, 0.25) is 10.0 Å². The van der Waals surface area contributed by atoms with Crippen LogP contribution in [-0.4, -0.2) is 33.9 Å². The van der Waals surface area contributed by atoms with Gasteiger partial charge in [-0.05, 0) is 31.2 Å². The van der Waals surface area contributed by atoms with Gasteiger partial charge >= 0.3 is 6.36 Å². The third-order valence-electron chi connectivity index (χ3n) is 2.80. The maximum absolute atomic E-state index is 12.4. The van der Waals surface area contributed by atoms with Crippen molar-refractivity contribution in [2.75, 3.05) is 13.1 Å². The minimum absolute atomic E-state index is 0. The fraction of sp³-hybridized carbons (Fsp3) is 0.455. The van der Waals surface area contributed by atoms with Crippen LogP contribution in [0.1, 0.15) is 6.42 Å². The zero-order chi connectivity index (χ0) is 15.7. The van der Waals surface area contributed by atoms with Gasteiger partial charge in [0.1, 0.15) is 4.90 Å². The standard InChI is InChI=1S/C11H12BrF3N2O3S.ClH/c12-7-1-2-10(9(5-7)20-11(13,14)15)21(18,19)17-8-3-4-16-6-8;/h1-2,5,8,16-17H,3-4,6H2;1H. The molecule has 1 aliphatic rings. The van der Waals surface area contributed by atoms with Gasteiger partial charge < -0.3 is 10.1 Å². The zero-order valence-corrected chi connectivity index (χ0v) is 14.2. The molecule has 1 saturated heterocycles. The first-order chi connectivity index (χ1) is 9.67. The average molecular weight is 426 g/mol. The van der Waals surface area contributed by atoms with E-state index in [2.05, 4.69) is 30.7 Å². The molecule has 1 aromatic carbocycles. The monoisotopic (exact) mass is 424 g/mol. The Bertz CT molecular complexity index is 621. The lowest BCUT2D eigenvalue weighted by molar-refractivity contribution is -0.275. The zero-order valence-electron chi connectivity index (χ0n) is 11.0. The van der Waals surface area contributed by atoms with E-state index in [1.807, 2.05) is 0 Å². The van der Waals surface area contributed by atoms with Gasteiger partial charge in [-0.3, -0.25) is 0 Å². The predicted molar refractivity (Wildman–Crippen MR) is 79.7 cm³/mol. The molecule has 126 valence electrons. The molecule has 11 heteroatoms. The summed E-state index contributed by atoms with van der Waals surface area (Å²) in [5, 5.41) is 2.96. The van der Waals surface area contributed by atoms with E-state index in [1.165, 1.54) is 6.07 Å². The lowest BCUT2D eigenvalue weighted by atomic mass is 10.3. The van der Waals surface area contributed by atoms with Crippen molar-refractivity contribution >= 4 is 38.4 Å². The number of hydrogen-bond donors (Lipinski definition) is 2. The van der Waals surface area contributed by atoms with Crippen molar-refractivity contribution in [3.8, 4) is 5.75 Å². The summed E-state index contributed by atoms with van der Waals surface area (Å²) in [6, 6.07) is 3.02. The molecule has 1 aromatic rings. The van der Waals surface area contributed by atoms with Crippen LogP contribution in [0.3, 0.4) is 0 Å². The number of ether oxygens (including phenoxy) is 1. The van der Waals surface area contributed by atoms with E-state index in [0.717, 1.165) is 12.1 Å². The topological polar surface area (TPSA) is 67.4 Å². The molecule has 22 heavy (non-hydrogen) atoms. The SMILES string of the molecule is Cl.O=S(=O)(NC1CCNC1)c1ccc(Br)cc1OC(F)(F)F. The van der Waals surface area contributed by atoms with Crippen molar-refractivity contribution in [1.29, 1.82) is 0 Å². The lowest BCUT2D eigenvalue weighted by Crippen LogP contribution is -2.36. The highest BCUT2D eigenvalue weighted by Crippen LogP contribution is 2.32. The smallest absolute Gasteiger partial charge is 0.404 e. The van der Waals surface area contributed by atoms with Gasteiger partial charge in [0.25, 0.3) is 0 Å². The maximum atomic E-state index is 12.4. The van der Waals surface area contributed by atoms with Gasteiger partial charge in [-0.15, -0.1) is 25.6 Å². The number of nitrogens with one attached hydrogen (secondary N) is 2. The third-order valence-corrected chi connectivity index (χ3v) is 4.86. The van der Waals surface area contributed by atoms with E-state index in [4.69, 9.17) is 0 Å². The molecule has 1 fully saturated rings. The van der Waals surface area contributed by atoms with Crippen LogP contribution in [-0.2, 0) is 10.0 Å². The molecule has 0 saturated carbocycles. The van der Waals surface area contributed by atoms with Gasteiger partial charge in [-0.2, -0.15) is 0 Å².